The standard InChI is InChI=1S/C18H17N3O/c22-18-20-11-10-15-8-4-5-9-16(15)12-17(20)19-21(18)13-14-6-2-1-3-7-14/h1-9H,10-13H2. The summed E-state index contributed by atoms with van der Waals surface area (Å²) in [5, 5.41) is 4.57. The van der Waals surface area contributed by atoms with E-state index < -0.39 is 0 Å². The van der Waals surface area contributed by atoms with E-state index in [0.29, 0.717) is 13.1 Å². The molecule has 0 fully saturated rings. The Kier molecular flexibility index (Phi) is 3.15. The van der Waals surface area contributed by atoms with Crippen molar-refractivity contribution >= 4 is 0 Å². The molecule has 4 heteroatoms. The summed E-state index contributed by atoms with van der Waals surface area (Å²) in [4.78, 5) is 12.6. The first-order chi connectivity index (χ1) is 10.8. The molecule has 0 unspecified atom stereocenters. The lowest BCUT2D eigenvalue weighted by atomic mass is 10.0. The number of hydrogen-bond acceptors (Lipinski definition) is 2. The fraction of sp³-hybridized carbons (Fsp3) is 0.222. The molecule has 0 spiro atoms. The normalized spacial score (nSPS) is 13.3. The molecule has 0 atom stereocenters. The van der Waals surface area contributed by atoms with Crippen molar-refractivity contribution in [1.29, 1.82) is 0 Å². The van der Waals surface area contributed by atoms with Crippen molar-refractivity contribution in [3.8, 4) is 0 Å². The van der Waals surface area contributed by atoms with Crippen molar-refractivity contribution in [3.63, 3.8) is 0 Å². The molecule has 1 aliphatic heterocycles. The van der Waals surface area contributed by atoms with Gasteiger partial charge in [-0.3, -0.25) is 4.57 Å². The Morgan fingerprint density at radius 1 is 0.955 bits per heavy atom. The Hall–Kier alpha value is -2.62. The first kappa shape index (κ1) is 13.1. The number of rotatable bonds is 2. The van der Waals surface area contributed by atoms with Gasteiger partial charge in [0.25, 0.3) is 0 Å². The van der Waals surface area contributed by atoms with E-state index in [1.54, 1.807) is 4.68 Å². The Balaban J connectivity index is 1.71. The van der Waals surface area contributed by atoms with E-state index in [1.807, 2.05) is 41.0 Å². The Labute approximate surface area is 128 Å². The molecule has 2 aromatic carbocycles. The summed E-state index contributed by atoms with van der Waals surface area (Å²) in [7, 11) is 0. The summed E-state index contributed by atoms with van der Waals surface area (Å²) in [6.07, 6.45) is 1.62. The maximum Gasteiger partial charge on any atom is 0.346 e. The van der Waals surface area contributed by atoms with Crippen molar-refractivity contribution in [2.45, 2.75) is 25.9 Å². The molecule has 4 rings (SSSR count). The largest absolute Gasteiger partial charge is 0.346 e. The molecular weight excluding hydrogens is 274 g/mol. The molecule has 0 amide bonds. The van der Waals surface area contributed by atoms with Crippen LogP contribution in [0.15, 0.2) is 59.4 Å². The highest BCUT2D eigenvalue weighted by atomic mass is 16.2. The van der Waals surface area contributed by atoms with Crippen molar-refractivity contribution < 1.29 is 0 Å². The predicted molar refractivity (Wildman–Crippen MR) is 85.0 cm³/mol. The van der Waals surface area contributed by atoms with E-state index >= 15 is 0 Å². The number of aryl methyl sites for hydroxylation is 1. The molecule has 0 saturated heterocycles. The number of hydrogen-bond donors (Lipinski definition) is 0. The third kappa shape index (κ3) is 2.26. The van der Waals surface area contributed by atoms with Crippen LogP contribution in [0.1, 0.15) is 22.5 Å². The van der Waals surface area contributed by atoms with Gasteiger partial charge in [-0.15, -0.1) is 0 Å². The highest BCUT2D eigenvalue weighted by molar-refractivity contribution is 5.31. The molecule has 0 saturated carbocycles. The third-order valence-electron chi connectivity index (χ3n) is 4.25. The van der Waals surface area contributed by atoms with Crippen molar-refractivity contribution in [1.82, 2.24) is 14.3 Å². The lowest BCUT2D eigenvalue weighted by Gasteiger charge is -2.03. The van der Waals surface area contributed by atoms with Crippen LogP contribution in [0.4, 0.5) is 0 Å². The predicted octanol–water partition coefficient (Wildman–Crippen LogP) is 2.24. The Morgan fingerprint density at radius 3 is 2.50 bits per heavy atom. The second kappa shape index (κ2) is 5.30. The first-order valence-corrected chi connectivity index (χ1v) is 7.58. The van der Waals surface area contributed by atoms with Crippen molar-refractivity contribution in [3.05, 3.63) is 87.6 Å². The fourth-order valence-electron chi connectivity index (χ4n) is 3.08. The van der Waals surface area contributed by atoms with Crippen LogP contribution in [-0.2, 0) is 25.9 Å². The van der Waals surface area contributed by atoms with Gasteiger partial charge in [-0.05, 0) is 23.1 Å². The zero-order chi connectivity index (χ0) is 14.9. The second-order valence-corrected chi connectivity index (χ2v) is 5.69. The quantitative estimate of drug-likeness (QED) is 0.726. The smallest absolute Gasteiger partial charge is 0.278 e. The van der Waals surface area contributed by atoms with E-state index in [-0.39, 0.29) is 5.69 Å². The summed E-state index contributed by atoms with van der Waals surface area (Å²) in [5.41, 5.74) is 3.69. The van der Waals surface area contributed by atoms with Crippen LogP contribution >= 0.6 is 0 Å². The molecule has 3 aromatic rings. The van der Waals surface area contributed by atoms with Gasteiger partial charge in [0.05, 0.1) is 6.54 Å². The molecule has 0 N–H and O–H groups in total. The van der Waals surface area contributed by atoms with Crippen molar-refractivity contribution in [2.24, 2.45) is 0 Å². The summed E-state index contributed by atoms with van der Waals surface area (Å²) in [6.45, 7) is 1.24. The number of fused-ring (bicyclic) bond motifs is 2. The minimum atomic E-state index is -0.00772. The van der Waals surface area contributed by atoms with E-state index in [4.69, 9.17) is 0 Å². The number of nitrogens with zero attached hydrogens (tertiary/aromatic N) is 3. The monoisotopic (exact) mass is 291 g/mol. The summed E-state index contributed by atoms with van der Waals surface area (Å²) >= 11 is 0. The second-order valence-electron chi connectivity index (χ2n) is 5.69. The van der Waals surface area contributed by atoms with Gasteiger partial charge in [0.2, 0.25) is 0 Å². The number of benzene rings is 2. The first-order valence-electron chi connectivity index (χ1n) is 7.58. The van der Waals surface area contributed by atoms with Gasteiger partial charge in [-0.1, -0.05) is 54.6 Å². The minimum absolute atomic E-state index is 0.00772. The Morgan fingerprint density at radius 2 is 1.68 bits per heavy atom. The molecule has 110 valence electrons. The van der Waals surface area contributed by atoms with Crippen LogP contribution < -0.4 is 5.69 Å². The van der Waals surface area contributed by atoms with E-state index in [9.17, 15) is 4.79 Å². The van der Waals surface area contributed by atoms with Gasteiger partial charge >= 0.3 is 5.69 Å². The zero-order valence-corrected chi connectivity index (χ0v) is 12.3. The lowest BCUT2D eigenvalue weighted by Crippen LogP contribution is -2.26. The SMILES string of the molecule is O=c1n(Cc2ccccc2)nc2n1CCc1ccccc1C2. The van der Waals surface area contributed by atoms with E-state index in [0.717, 1.165) is 24.2 Å². The maximum atomic E-state index is 12.6. The highest BCUT2D eigenvalue weighted by Gasteiger charge is 2.18. The fourth-order valence-corrected chi connectivity index (χ4v) is 3.08. The maximum absolute atomic E-state index is 12.6. The third-order valence-corrected chi connectivity index (χ3v) is 4.25. The molecule has 1 aromatic heterocycles. The van der Waals surface area contributed by atoms with Crippen LogP contribution in [-0.4, -0.2) is 14.3 Å². The highest BCUT2D eigenvalue weighted by Crippen LogP contribution is 2.18. The van der Waals surface area contributed by atoms with Crippen LogP contribution in [0, 0.1) is 0 Å². The van der Waals surface area contributed by atoms with Gasteiger partial charge in [-0.25, -0.2) is 9.48 Å². The van der Waals surface area contributed by atoms with E-state index in [1.165, 1.54) is 11.1 Å². The summed E-state index contributed by atoms with van der Waals surface area (Å²) in [5.74, 6) is 0.867. The average Bonchev–Trinajstić information content (AvgIpc) is 2.73. The number of aromatic nitrogens is 3. The molecule has 4 nitrogen and oxygen atoms in total. The molecule has 1 aliphatic rings. The lowest BCUT2D eigenvalue weighted by molar-refractivity contribution is 0.615. The summed E-state index contributed by atoms with van der Waals surface area (Å²) in [6, 6.07) is 18.4. The molecule has 0 radical (unpaired) electrons. The van der Waals surface area contributed by atoms with E-state index in [2.05, 4.69) is 23.3 Å². The summed E-state index contributed by atoms with van der Waals surface area (Å²) < 4.78 is 3.40. The Bertz CT molecular complexity index is 862. The minimum Gasteiger partial charge on any atom is -0.278 e. The van der Waals surface area contributed by atoms with Gasteiger partial charge in [-0.2, -0.15) is 5.10 Å². The van der Waals surface area contributed by atoms with Gasteiger partial charge in [0, 0.05) is 13.0 Å². The molecule has 22 heavy (non-hydrogen) atoms. The average molecular weight is 291 g/mol. The molecular formula is C18H17N3O. The van der Waals surface area contributed by atoms with Gasteiger partial charge < -0.3 is 0 Å². The van der Waals surface area contributed by atoms with Crippen LogP contribution in [0.5, 0.6) is 0 Å². The molecule has 2 heterocycles. The molecule has 0 aliphatic carbocycles. The van der Waals surface area contributed by atoms with Gasteiger partial charge in [0.15, 0.2) is 0 Å². The van der Waals surface area contributed by atoms with Crippen LogP contribution in [0.3, 0.4) is 0 Å². The molecule has 0 bridgehead atoms. The van der Waals surface area contributed by atoms with Crippen molar-refractivity contribution in [2.75, 3.05) is 0 Å². The zero-order valence-electron chi connectivity index (χ0n) is 12.3. The van der Waals surface area contributed by atoms with Gasteiger partial charge in [0.1, 0.15) is 5.82 Å². The topological polar surface area (TPSA) is 39.8 Å². The van der Waals surface area contributed by atoms with Crippen LogP contribution in [0.2, 0.25) is 0 Å². The van der Waals surface area contributed by atoms with Crippen LogP contribution in [0.25, 0.3) is 0 Å².